The van der Waals surface area contributed by atoms with Crippen molar-refractivity contribution in [3.05, 3.63) is 0 Å². The van der Waals surface area contributed by atoms with Crippen LogP contribution >= 0.6 is 0 Å². The van der Waals surface area contributed by atoms with E-state index in [1.165, 1.54) is 12.8 Å². The summed E-state index contributed by atoms with van der Waals surface area (Å²) in [6.45, 7) is 11.6. The van der Waals surface area contributed by atoms with Crippen molar-refractivity contribution in [2.24, 2.45) is 11.8 Å². The monoisotopic (exact) mass is 427 g/mol. The van der Waals surface area contributed by atoms with Crippen LogP contribution in [0.4, 0.5) is 0 Å². The summed E-state index contributed by atoms with van der Waals surface area (Å²) < 4.78 is 11.3. The lowest BCUT2D eigenvalue weighted by Crippen LogP contribution is -2.33. The van der Waals surface area contributed by atoms with E-state index in [-0.39, 0.29) is 5.92 Å². The summed E-state index contributed by atoms with van der Waals surface area (Å²) in [5, 5.41) is 3.28. The summed E-state index contributed by atoms with van der Waals surface area (Å²) in [6, 6.07) is 0.649. The van der Waals surface area contributed by atoms with Gasteiger partial charge in [0.2, 0.25) is 0 Å². The smallest absolute Gasteiger partial charge is 0.138 e. The second-order valence-corrected chi connectivity index (χ2v) is 8.43. The minimum Gasteiger partial charge on any atom is -0.379 e. The Hall–Kier alpha value is -0.780. The maximum atomic E-state index is 11.7. The molecular formula is C25H49NO4. The summed E-state index contributed by atoms with van der Waals surface area (Å²) in [4.78, 5) is 21.8. The van der Waals surface area contributed by atoms with Crippen molar-refractivity contribution in [3.63, 3.8) is 0 Å². The van der Waals surface area contributed by atoms with E-state index in [2.05, 4.69) is 5.32 Å². The number of carbonyl (C=O) groups excluding carboxylic acids is 2. The van der Waals surface area contributed by atoms with Crippen LogP contribution in [-0.4, -0.2) is 50.6 Å². The number of unbranched alkanes of at least 4 members (excludes halogenated alkanes) is 1. The predicted molar refractivity (Wildman–Crippen MR) is 125 cm³/mol. The van der Waals surface area contributed by atoms with Crippen molar-refractivity contribution in [2.75, 3.05) is 20.3 Å². The first kappa shape index (κ1) is 29.2. The molecule has 5 nitrogen and oxygen atoms in total. The third kappa shape index (κ3) is 12.8. The second kappa shape index (κ2) is 18.9. The molecule has 1 N–H and O–H groups in total. The molecule has 2 aliphatic rings. The third-order valence-electron chi connectivity index (χ3n) is 5.95. The van der Waals surface area contributed by atoms with Crippen molar-refractivity contribution in [3.8, 4) is 0 Å². The Kier molecular flexibility index (Phi) is 18.5. The maximum Gasteiger partial charge on any atom is 0.138 e. The first-order valence-electron chi connectivity index (χ1n) is 12.4. The van der Waals surface area contributed by atoms with Crippen molar-refractivity contribution in [2.45, 2.75) is 117 Å². The van der Waals surface area contributed by atoms with Gasteiger partial charge >= 0.3 is 0 Å². The number of nitrogens with one attached hydrogen (secondary N) is 1. The average Bonchev–Trinajstić information content (AvgIpc) is 2.79. The van der Waals surface area contributed by atoms with Crippen molar-refractivity contribution < 1.29 is 19.1 Å². The van der Waals surface area contributed by atoms with Gasteiger partial charge in [-0.2, -0.15) is 0 Å². The highest BCUT2D eigenvalue weighted by atomic mass is 16.5. The van der Waals surface area contributed by atoms with Gasteiger partial charge in [-0.25, -0.2) is 0 Å². The Morgan fingerprint density at radius 2 is 1.50 bits per heavy atom. The SMILES string of the molecule is CC.CCOC1CCC(OCCCC=O)CC1.CNC1CCC(C(=O)C(C)C)CC1. The fourth-order valence-corrected chi connectivity index (χ4v) is 4.16. The quantitative estimate of drug-likeness (QED) is 0.376. The Morgan fingerprint density at radius 1 is 0.967 bits per heavy atom. The molecule has 0 saturated heterocycles. The zero-order valence-electron chi connectivity index (χ0n) is 20.6. The van der Waals surface area contributed by atoms with Crippen molar-refractivity contribution >= 4 is 12.1 Å². The van der Waals surface area contributed by atoms with E-state index in [0.29, 0.717) is 36.4 Å². The van der Waals surface area contributed by atoms with Crippen LogP contribution in [0.25, 0.3) is 0 Å². The second-order valence-electron chi connectivity index (χ2n) is 8.43. The molecule has 0 aromatic rings. The summed E-state index contributed by atoms with van der Waals surface area (Å²) in [5.74, 6) is 1.04. The van der Waals surface area contributed by atoms with Gasteiger partial charge in [0.05, 0.1) is 12.2 Å². The van der Waals surface area contributed by atoms with Crippen LogP contribution in [0.5, 0.6) is 0 Å². The Bertz CT molecular complexity index is 411. The molecule has 0 spiro atoms. The lowest BCUT2D eigenvalue weighted by Gasteiger charge is -2.28. The Balaban J connectivity index is 0.000000522. The average molecular weight is 428 g/mol. The number of rotatable bonds is 10. The van der Waals surface area contributed by atoms with E-state index >= 15 is 0 Å². The summed E-state index contributed by atoms with van der Waals surface area (Å²) in [7, 11) is 2.01. The minimum absolute atomic E-state index is 0.219. The molecule has 178 valence electrons. The molecule has 2 fully saturated rings. The van der Waals surface area contributed by atoms with E-state index in [1.807, 2.05) is 41.7 Å². The number of hydrogen-bond acceptors (Lipinski definition) is 5. The molecule has 0 radical (unpaired) electrons. The van der Waals surface area contributed by atoms with Crippen molar-refractivity contribution in [1.29, 1.82) is 0 Å². The molecule has 0 atom stereocenters. The predicted octanol–water partition coefficient (Wildman–Crippen LogP) is 5.35. The molecule has 2 rings (SSSR count). The molecule has 30 heavy (non-hydrogen) atoms. The Labute approximate surface area is 186 Å². The van der Waals surface area contributed by atoms with Crippen LogP contribution in [0.1, 0.15) is 98.8 Å². The van der Waals surface area contributed by atoms with Gasteiger partial charge in [-0.3, -0.25) is 4.79 Å². The highest BCUT2D eigenvalue weighted by Crippen LogP contribution is 2.27. The molecule has 5 heteroatoms. The van der Waals surface area contributed by atoms with E-state index in [0.717, 1.165) is 64.4 Å². The van der Waals surface area contributed by atoms with Gasteiger partial charge in [0, 0.05) is 37.5 Å². The summed E-state index contributed by atoms with van der Waals surface area (Å²) in [6.07, 6.45) is 12.2. The van der Waals surface area contributed by atoms with E-state index < -0.39 is 0 Å². The first-order valence-corrected chi connectivity index (χ1v) is 12.4. The van der Waals surface area contributed by atoms with Gasteiger partial charge in [0.1, 0.15) is 12.1 Å². The summed E-state index contributed by atoms with van der Waals surface area (Å²) in [5.41, 5.74) is 0. The lowest BCUT2D eigenvalue weighted by atomic mass is 9.80. The number of Topliss-reactive ketones (excluding diaryl/α,β-unsaturated/α-hetero) is 1. The first-order chi connectivity index (χ1) is 14.5. The summed E-state index contributed by atoms with van der Waals surface area (Å²) >= 11 is 0. The van der Waals surface area contributed by atoms with Crippen LogP contribution < -0.4 is 5.32 Å². The van der Waals surface area contributed by atoms with Gasteiger partial charge < -0.3 is 19.6 Å². The number of aldehydes is 1. The van der Waals surface area contributed by atoms with E-state index in [9.17, 15) is 9.59 Å². The molecule has 0 heterocycles. The van der Waals surface area contributed by atoms with Gasteiger partial charge in [0.15, 0.2) is 0 Å². The standard InChI is InChI=1S/C12H22O3.C11H21NO.C2H6/c1-2-14-11-5-7-12(8-6-11)15-10-4-3-9-13;1-8(2)11(13)9-4-6-10(12-3)7-5-9;1-2/h9,11-12H,2-8,10H2,1H3;8-10,12H,4-7H2,1-3H3;1-2H3. The minimum atomic E-state index is 0.219. The van der Waals surface area contributed by atoms with Gasteiger partial charge in [0.25, 0.3) is 0 Å². The molecule has 0 aromatic carbocycles. The maximum absolute atomic E-state index is 11.7. The molecule has 0 unspecified atom stereocenters. The molecule has 0 aliphatic heterocycles. The fourth-order valence-electron chi connectivity index (χ4n) is 4.16. The third-order valence-corrected chi connectivity index (χ3v) is 5.95. The highest BCUT2D eigenvalue weighted by Gasteiger charge is 2.26. The van der Waals surface area contributed by atoms with E-state index in [1.54, 1.807) is 0 Å². The zero-order valence-corrected chi connectivity index (χ0v) is 20.6. The number of ether oxygens (including phenoxy) is 2. The van der Waals surface area contributed by atoms with Crippen LogP contribution in [-0.2, 0) is 19.1 Å². The lowest BCUT2D eigenvalue weighted by molar-refractivity contribution is -0.126. The molecule has 0 aromatic heterocycles. The molecule has 2 saturated carbocycles. The van der Waals surface area contributed by atoms with Crippen LogP contribution in [0.2, 0.25) is 0 Å². The molecule has 2 aliphatic carbocycles. The van der Waals surface area contributed by atoms with Gasteiger partial charge in [-0.1, -0.05) is 27.7 Å². The number of carbonyl (C=O) groups is 2. The highest BCUT2D eigenvalue weighted by molar-refractivity contribution is 5.82. The van der Waals surface area contributed by atoms with Crippen LogP contribution in [0, 0.1) is 11.8 Å². The van der Waals surface area contributed by atoms with Gasteiger partial charge in [-0.15, -0.1) is 0 Å². The molecule has 0 amide bonds. The normalized spacial score (nSPS) is 26.1. The molecular weight excluding hydrogens is 378 g/mol. The molecule has 0 bridgehead atoms. The number of ketones is 1. The van der Waals surface area contributed by atoms with Crippen molar-refractivity contribution in [1.82, 2.24) is 5.32 Å². The van der Waals surface area contributed by atoms with Crippen LogP contribution in [0.3, 0.4) is 0 Å². The Morgan fingerprint density at radius 3 is 1.93 bits per heavy atom. The topological polar surface area (TPSA) is 64.6 Å². The number of hydrogen-bond donors (Lipinski definition) is 1. The zero-order chi connectivity index (χ0) is 22.8. The largest absolute Gasteiger partial charge is 0.379 e. The van der Waals surface area contributed by atoms with Crippen LogP contribution in [0.15, 0.2) is 0 Å². The van der Waals surface area contributed by atoms with E-state index in [4.69, 9.17) is 9.47 Å². The fraction of sp³-hybridized carbons (Fsp3) is 0.920. The van der Waals surface area contributed by atoms with Gasteiger partial charge in [-0.05, 0) is 71.8 Å².